The highest BCUT2D eigenvalue weighted by Crippen LogP contribution is 2.30. The first kappa shape index (κ1) is 19.7. The maximum atomic E-state index is 12.9. The van der Waals surface area contributed by atoms with E-state index in [-0.39, 0.29) is 24.3 Å². The van der Waals surface area contributed by atoms with E-state index >= 15 is 0 Å². The topological polar surface area (TPSA) is 61.9 Å². The minimum absolute atomic E-state index is 0.0177. The Labute approximate surface area is 161 Å². The van der Waals surface area contributed by atoms with Crippen LogP contribution in [0.1, 0.15) is 26.7 Å². The van der Waals surface area contributed by atoms with Crippen LogP contribution in [0.5, 0.6) is 5.75 Å². The SMILES string of the molecule is CC(C)C(NC(=O)COc1ccccc1)C(=O)N1CCN(CC2CC2)CC1. The Bertz CT molecular complexity index is 623. The van der Waals surface area contributed by atoms with E-state index in [1.54, 1.807) is 12.1 Å². The van der Waals surface area contributed by atoms with Crippen LogP contribution in [0.2, 0.25) is 0 Å². The van der Waals surface area contributed by atoms with Crippen molar-refractivity contribution in [3.8, 4) is 5.75 Å². The van der Waals surface area contributed by atoms with Crippen molar-refractivity contribution in [3.63, 3.8) is 0 Å². The molecule has 27 heavy (non-hydrogen) atoms. The number of amides is 2. The number of nitrogens with one attached hydrogen (secondary N) is 1. The van der Waals surface area contributed by atoms with Crippen LogP contribution < -0.4 is 10.1 Å². The van der Waals surface area contributed by atoms with Crippen LogP contribution in [0, 0.1) is 11.8 Å². The van der Waals surface area contributed by atoms with E-state index in [1.165, 1.54) is 19.4 Å². The van der Waals surface area contributed by atoms with Gasteiger partial charge in [-0.05, 0) is 36.8 Å². The normalized spacial score (nSPS) is 19.0. The largest absolute Gasteiger partial charge is 0.484 e. The van der Waals surface area contributed by atoms with Gasteiger partial charge in [0.15, 0.2) is 6.61 Å². The van der Waals surface area contributed by atoms with E-state index in [0.717, 1.165) is 32.1 Å². The average Bonchev–Trinajstić information content (AvgIpc) is 3.49. The Hall–Kier alpha value is -2.08. The fourth-order valence-electron chi connectivity index (χ4n) is 3.41. The van der Waals surface area contributed by atoms with Gasteiger partial charge in [-0.1, -0.05) is 32.0 Å². The second kappa shape index (κ2) is 9.22. The summed E-state index contributed by atoms with van der Waals surface area (Å²) in [6.45, 7) is 8.35. The zero-order valence-electron chi connectivity index (χ0n) is 16.4. The van der Waals surface area contributed by atoms with Crippen LogP contribution in [0.4, 0.5) is 0 Å². The van der Waals surface area contributed by atoms with Crippen LogP contribution in [0.15, 0.2) is 30.3 Å². The van der Waals surface area contributed by atoms with Crippen LogP contribution >= 0.6 is 0 Å². The molecule has 2 fully saturated rings. The van der Waals surface area contributed by atoms with Crippen molar-refractivity contribution in [3.05, 3.63) is 30.3 Å². The number of ether oxygens (including phenoxy) is 1. The van der Waals surface area contributed by atoms with Crippen molar-refractivity contribution >= 4 is 11.8 Å². The molecule has 1 saturated carbocycles. The molecule has 1 unspecified atom stereocenters. The van der Waals surface area contributed by atoms with Crippen LogP contribution in [-0.4, -0.2) is 67.0 Å². The first-order valence-corrected chi connectivity index (χ1v) is 10.0. The van der Waals surface area contributed by atoms with Crippen molar-refractivity contribution < 1.29 is 14.3 Å². The van der Waals surface area contributed by atoms with Gasteiger partial charge in [-0.2, -0.15) is 0 Å². The first-order chi connectivity index (χ1) is 13.0. The van der Waals surface area contributed by atoms with Crippen molar-refractivity contribution in [2.75, 3.05) is 39.3 Å². The van der Waals surface area contributed by atoms with Crippen LogP contribution in [0.3, 0.4) is 0 Å². The monoisotopic (exact) mass is 373 g/mol. The molecule has 0 aromatic heterocycles. The van der Waals surface area contributed by atoms with Crippen LogP contribution in [0.25, 0.3) is 0 Å². The smallest absolute Gasteiger partial charge is 0.258 e. The number of hydrogen-bond acceptors (Lipinski definition) is 4. The summed E-state index contributed by atoms with van der Waals surface area (Å²) in [6, 6.07) is 8.71. The minimum Gasteiger partial charge on any atom is -0.484 e. The van der Waals surface area contributed by atoms with Gasteiger partial charge in [-0.3, -0.25) is 14.5 Å². The fourth-order valence-corrected chi connectivity index (χ4v) is 3.41. The van der Waals surface area contributed by atoms with Gasteiger partial charge in [0.2, 0.25) is 5.91 Å². The molecule has 0 spiro atoms. The van der Waals surface area contributed by atoms with Crippen LogP contribution in [-0.2, 0) is 9.59 Å². The summed E-state index contributed by atoms with van der Waals surface area (Å²) in [5, 5.41) is 2.87. The van der Waals surface area contributed by atoms with E-state index in [1.807, 2.05) is 36.9 Å². The molecule has 0 bridgehead atoms. The van der Waals surface area contributed by atoms with E-state index < -0.39 is 6.04 Å². The lowest BCUT2D eigenvalue weighted by molar-refractivity contribution is -0.139. The molecule has 1 aliphatic heterocycles. The molecular weight excluding hydrogens is 342 g/mol. The summed E-state index contributed by atoms with van der Waals surface area (Å²) in [5.41, 5.74) is 0. The Kier molecular flexibility index (Phi) is 6.72. The molecule has 148 valence electrons. The van der Waals surface area contributed by atoms with Gasteiger partial charge in [0.25, 0.3) is 5.91 Å². The average molecular weight is 373 g/mol. The molecular formula is C21H31N3O3. The minimum atomic E-state index is -0.508. The Morgan fingerprint density at radius 1 is 1.11 bits per heavy atom. The summed E-state index contributed by atoms with van der Waals surface area (Å²) in [5.74, 6) is 1.30. The number of carbonyl (C=O) groups excluding carboxylic acids is 2. The number of carbonyl (C=O) groups is 2. The zero-order chi connectivity index (χ0) is 19.2. The second-order valence-electron chi connectivity index (χ2n) is 7.96. The van der Waals surface area contributed by atoms with Gasteiger partial charge in [0, 0.05) is 32.7 Å². The molecule has 6 nitrogen and oxygen atoms in total. The van der Waals surface area contributed by atoms with E-state index in [4.69, 9.17) is 4.74 Å². The summed E-state index contributed by atoms with van der Waals surface area (Å²) < 4.78 is 5.49. The molecule has 1 saturated heterocycles. The van der Waals surface area contributed by atoms with Gasteiger partial charge in [-0.15, -0.1) is 0 Å². The fraction of sp³-hybridized carbons (Fsp3) is 0.619. The predicted octanol–water partition coefficient (Wildman–Crippen LogP) is 1.76. The maximum absolute atomic E-state index is 12.9. The third-order valence-electron chi connectivity index (χ3n) is 5.26. The Balaban J connectivity index is 1.47. The molecule has 2 amide bonds. The van der Waals surface area contributed by atoms with Gasteiger partial charge in [0.05, 0.1) is 0 Å². The van der Waals surface area contributed by atoms with Gasteiger partial charge < -0.3 is 15.0 Å². The number of nitrogens with zero attached hydrogens (tertiary/aromatic N) is 2. The number of hydrogen-bond donors (Lipinski definition) is 1. The molecule has 2 aliphatic rings. The highest BCUT2D eigenvalue weighted by atomic mass is 16.5. The number of benzene rings is 1. The lowest BCUT2D eigenvalue weighted by atomic mass is 10.0. The molecule has 3 rings (SSSR count). The van der Waals surface area contributed by atoms with Crippen molar-refractivity contribution in [2.45, 2.75) is 32.7 Å². The third kappa shape index (κ3) is 5.96. The summed E-state index contributed by atoms with van der Waals surface area (Å²) in [7, 11) is 0. The van der Waals surface area contributed by atoms with Crippen molar-refractivity contribution in [2.24, 2.45) is 11.8 Å². The highest BCUT2D eigenvalue weighted by Gasteiger charge is 2.32. The lowest BCUT2D eigenvalue weighted by Crippen LogP contribution is -2.57. The van der Waals surface area contributed by atoms with Crippen molar-refractivity contribution in [1.82, 2.24) is 15.1 Å². The zero-order valence-corrected chi connectivity index (χ0v) is 16.4. The van der Waals surface area contributed by atoms with Gasteiger partial charge >= 0.3 is 0 Å². The van der Waals surface area contributed by atoms with Crippen molar-refractivity contribution in [1.29, 1.82) is 0 Å². The number of rotatable bonds is 8. The summed E-state index contributed by atoms with van der Waals surface area (Å²) in [4.78, 5) is 29.6. The molecule has 1 aromatic carbocycles. The maximum Gasteiger partial charge on any atom is 0.258 e. The van der Waals surface area contributed by atoms with E-state index in [9.17, 15) is 9.59 Å². The highest BCUT2D eigenvalue weighted by molar-refractivity contribution is 5.88. The molecule has 1 N–H and O–H groups in total. The Morgan fingerprint density at radius 3 is 2.37 bits per heavy atom. The lowest BCUT2D eigenvalue weighted by Gasteiger charge is -2.37. The molecule has 6 heteroatoms. The Morgan fingerprint density at radius 2 is 1.78 bits per heavy atom. The molecule has 0 radical (unpaired) electrons. The standard InChI is InChI=1S/C21H31N3O3/c1-16(2)20(22-19(25)15-27-18-6-4-3-5-7-18)21(26)24-12-10-23(11-13-24)14-17-8-9-17/h3-7,16-17,20H,8-15H2,1-2H3,(H,22,25). The predicted molar refractivity (Wildman–Crippen MR) is 104 cm³/mol. The second-order valence-corrected chi connectivity index (χ2v) is 7.96. The van der Waals surface area contributed by atoms with Gasteiger partial charge in [-0.25, -0.2) is 0 Å². The molecule has 1 heterocycles. The molecule has 1 aromatic rings. The summed E-state index contributed by atoms with van der Waals surface area (Å²) >= 11 is 0. The summed E-state index contributed by atoms with van der Waals surface area (Å²) in [6.07, 6.45) is 2.71. The first-order valence-electron chi connectivity index (χ1n) is 10.0. The third-order valence-corrected chi connectivity index (χ3v) is 5.26. The molecule has 1 atom stereocenters. The number of para-hydroxylation sites is 1. The van der Waals surface area contributed by atoms with E-state index in [0.29, 0.717) is 5.75 Å². The quantitative estimate of drug-likeness (QED) is 0.754. The van der Waals surface area contributed by atoms with Gasteiger partial charge in [0.1, 0.15) is 11.8 Å². The number of piperazine rings is 1. The molecule has 1 aliphatic carbocycles. The van der Waals surface area contributed by atoms with E-state index in [2.05, 4.69) is 10.2 Å².